The average Bonchev–Trinajstić information content (AvgIpc) is 2.94. The van der Waals surface area contributed by atoms with Crippen LogP contribution in [0.25, 0.3) is 0 Å². The van der Waals surface area contributed by atoms with E-state index in [1.807, 2.05) is 18.2 Å². The number of β-amino-alcohol motifs (C(OH)–C–C–N with tert-alkyl or cyclic N) is 1. The Hall–Kier alpha value is -1.92. The van der Waals surface area contributed by atoms with E-state index in [0.29, 0.717) is 19.5 Å². The minimum absolute atomic E-state index is 0.0639. The summed E-state index contributed by atoms with van der Waals surface area (Å²) < 4.78 is 38.1. The highest BCUT2D eigenvalue weighted by Gasteiger charge is 2.33. The molecule has 0 saturated carbocycles. The summed E-state index contributed by atoms with van der Waals surface area (Å²) in [6.45, 7) is 1.23. The van der Waals surface area contributed by atoms with Gasteiger partial charge in [0.1, 0.15) is 0 Å². The zero-order chi connectivity index (χ0) is 17.2. The molecule has 128 valence electrons. The summed E-state index contributed by atoms with van der Waals surface area (Å²) in [6, 6.07) is 10.9. The highest BCUT2D eigenvalue weighted by molar-refractivity contribution is 5.27. The Morgan fingerprint density at radius 3 is 2.50 bits per heavy atom. The van der Waals surface area contributed by atoms with Gasteiger partial charge in [0.25, 0.3) is 0 Å². The number of aliphatic hydroxyl groups excluding tert-OH is 1. The van der Waals surface area contributed by atoms with Crippen LogP contribution >= 0.6 is 0 Å². The molecule has 1 aliphatic rings. The summed E-state index contributed by atoms with van der Waals surface area (Å²) >= 11 is 0. The van der Waals surface area contributed by atoms with Gasteiger partial charge < -0.3 is 5.11 Å². The summed E-state index contributed by atoms with van der Waals surface area (Å²) in [5, 5.41) is 9.98. The predicted molar refractivity (Wildman–Crippen MR) is 84.3 cm³/mol. The van der Waals surface area contributed by atoms with E-state index in [1.54, 1.807) is 6.20 Å². The van der Waals surface area contributed by atoms with E-state index in [4.69, 9.17) is 0 Å². The Bertz CT molecular complexity index is 658. The van der Waals surface area contributed by atoms with E-state index in [2.05, 4.69) is 9.88 Å². The molecule has 1 aromatic heterocycles. The Kier molecular flexibility index (Phi) is 4.87. The van der Waals surface area contributed by atoms with Crippen LogP contribution in [-0.2, 0) is 12.6 Å². The van der Waals surface area contributed by atoms with Crippen molar-refractivity contribution in [3.8, 4) is 0 Å². The molecule has 0 aliphatic carbocycles. The van der Waals surface area contributed by atoms with E-state index in [9.17, 15) is 18.3 Å². The summed E-state index contributed by atoms with van der Waals surface area (Å²) in [6.07, 6.45) is -1.77. The van der Waals surface area contributed by atoms with Crippen LogP contribution in [0.3, 0.4) is 0 Å². The SMILES string of the molecule is OC1CC(c2ccc(C(F)(F)F)cc2)N(CCc2ccccn2)C1. The number of alkyl halides is 3. The van der Waals surface area contributed by atoms with Gasteiger partial charge in [-0.3, -0.25) is 9.88 Å². The summed E-state index contributed by atoms with van der Waals surface area (Å²) in [4.78, 5) is 6.39. The van der Waals surface area contributed by atoms with E-state index >= 15 is 0 Å². The van der Waals surface area contributed by atoms with E-state index < -0.39 is 17.8 Å². The summed E-state index contributed by atoms with van der Waals surface area (Å²) in [5.74, 6) is 0. The predicted octanol–water partition coefficient (Wildman–Crippen LogP) is 3.45. The molecule has 3 nitrogen and oxygen atoms in total. The second kappa shape index (κ2) is 6.91. The third kappa shape index (κ3) is 3.94. The molecule has 1 aromatic carbocycles. The van der Waals surface area contributed by atoms with Crippen LogP contribution in [0.2, 0.25) is 0 Å². The molecule has 0 spiro atoms. The van der Waals surface area contributed by atoms with Crippen LogP contribution in [-0.4, -0.2) is 34.2 Å². The number of rotatable bonds is 4. The lowest BCUT2D eigenvalue weighted by atomic mass is 10.0. The van der Waals surface area contributed by atoms with Crippen molar-refractivity contribution in [3.63, 3.8) is 0 Å². The monoisotopic (exact) mass is 336 g/mol. The molecular weight excluding hydrogens is 317 g/mol. The van der Waals surface area contributed by atoms with Gasteiger partial charge in [-0.1, -0.05) is 18.2 Å². The van der Waals surface area contributed by atoms with Gasteiger partial charge in [-0.2, -0.15) is 13.2 Å². The molecule has 2 unspecified atom stereocenters. The van der Waals surface area contributed by atoms with Crippen molar-refractivity contribution in [3.05, 3.63) is 65.5 Å². The quantitative estimate of drug-likeness (QED) is 0.929. The van der Waals surface area contributed by atoms with Gasteiger partial charge in [0.15, 0.2) is 0 Å². The zero-order valence-corrected chi connectivity index (χ0v) is 13.1. The highest BCUT2D eigenvalue weighted by atomic mass is 19.4. The molecule has 1 saturated heterocycles. The van der Waals surface area contributed by atoms with Crippen molar-refractivity contribution in [2.45, 2.75) is 31.2 Å². The van der Waals surface area contributed by atoms with E-state index in [0.717, 1.165) is 29.8 Å². The molecule has 1 aliphatic heterocycles. The maximum absolute atomic E-state index is 12.7. The van der Waals surface area contributed by atoms with Gasteiger partial charge in [-0.25, -0.2) is 0 Å². The molecule has 1 N–H and O–H groups in total. The van der Waals surface area contributed by atoms with Gasteiger partial charge in [0, 0.05) is 37.4 Å². The molecule has 0 bridgehead atoms. The molecule has 6 heteroatoms. The van der Waals surface area contributed by atoms with Crippen molar-refractivity contribution < 1.29 is 18.3 Å². The van der Waals surface area contributed by atoms with Crippen molar-refractivity contribution in [1.82, 2.24) is 9.88 Å². The molecule has 2 atom stereocenters. The molecule has 0 amide bonds. The lowest BCUT2D eigenvalue weighted by molar-refractivity contribution is -0.137. The van der Waals surface area contributed by atoms with Gasteiger partial charge in [0.05, 0.1) is 11.7 Å². The first kappa shape index (κ1) is 16.9. The number of nitrogens with zero attached hydrogens (tertiary/aromatic N) is 2. The molecule has 1 fully saturated rings. The van der Waals surface area contributed by atoms with E-state index in [1.165, 1.54) is 12.1 Å². The first-order valence-corrected chi connectivity index (χ1v) is 7.92. The van der Waals surface area contributed by atoms with Gasteiger partial charge >= 0.3 is 6.18 Å². The number of halogens is 3. The van der Waals surface area contributed by atoms with Crippen molar-refractivity contribution in [2.24, 2.45) is 0 Å². The standard InChI is InChI=1S/C18H19F3N2O/c19-18(20,21)14-6-4-13(5-7-14)17-11-16(24)12-23(17)10-8-15-3-1-2-9-22-15/h1-7,9,16-17,24H,8,10-12H2. The van der Waals surface area contributed by atoms with Gasteiger partial charge in [-0.05, 0) is 36.2 Å². The number of aliphatic hydroxyl groups is 1. The van der Waals surface area contributed by atoms with Crippen molar-refractivity contribution >= 4 is 0 Å². The topological polar surface area (TPSA) is 36.4 Å². The smallest absolute Gasteiger partial charge is 0.392 e. The zero-order valence-electron chi connectivity index (χ0n) is 13.1. The van der Waals surface area contributed by atoms with Crippen LogP contribution in [0.1, 0.15) is 29.3 Å². The number of benzene rings is 1. The molecule has 2 aromatic rings. The first-order chi connectivity index (χ1) is 11.4. The third-order valence-corrected chi connectivity index (χ3v) is 4.39. The lowest BCUT2D eigenvalue weighted by Crippen LogP contribution is -2.27. The minimum Gasteiger partial charge on any atom is -0.392 e. The Morgan fingerprint density at radius 1 is 1.12 bits per heavy atom. The summed E-state index contributed by atoms with van der Waals surface area (Å²) in [7, 11) is 0. The van der Waals surface area contributed by atoms with Crippen LogP contribution in [0, 0.1) is 0 Å². The molecular formula is C18H19F3N2O. The van der Waals surface area contributed by atoms with Gasteiger partial charge in [-0.15, -0.1) is 0 Å². The maximum Gasteiger partial charge on any atom is 0.416 e. The number of aromatic nitrogens is 1. The second-order valence-corrected chi connectivity index (χ2v) is 6.09. The van der Waals surface area contributed by atoms with Crippen LogP contribution in [0.15, 0.2) is 48.7 Å². The fourth-order valence-electron chi connectivity index (χ4n) is 3.17. The fourth-order valence-corrected chi connectivity index (χ4v) is 3.17. The molecule has 24 heavy (non-hydrogen) atoms. The van der Waals surface area contributed by atoms with E-state index in [-0.39, 0.29) is 6.04 Å². The third-order valence-electron chi connectivity index (χ3n) is 4.39. The highest BCUT2D eigenvalue weighted by Crippen LogP contribution is 2.35. The summed E-state index contributed by atoms with van der Waals surface area (Å²) in [5.41, 5.74) is 1.12. The fraction of sp³-hybridized carbons (Fsp3) is 0.389. The lowest BCUT2D eigenvalue weighted by Gasteiger charge is -2.24. The maximum atomic E-state index is 12.7. The minimum atomic E-state index is -4.33. The Labute approximate surface area is 138 Å². The first-order valence-electron chi connectivity index (χ1n) is 7.92. The largest absolute Gasteiger partial charge is 0.416 e. The van der Waals surface area contributed by atoms with Crippen molar-refractivity contribution in [2.75, 3.05) is 13.1 Å². The van der Waals surface area contributed by atoms with Crippen molar-refractivity contribution in [1.29, 1.82) is 0 Å². The number of hydrogen-bond acceptors (Lipinski definition) is 3. The number of likely N-dealkylation sites (tertiary alicyclic amines) is 1. The number of hydrogen-bond donors (Lipinski definition) is 1. The van der Waals surface area contributed by atoms with Gasteiger partial charge in [0.2, 0.25) is 0 Å². The normalized spacial score (nSPS) is 22.0. The Morgan fingerprint density at radius 2 is 1.88 bits per heavy atom. The number of pyridine rings is 1. The van der Waals surface area contributed by atoms with Crippen LogP contribution in [0.4, 0.5) is 13.2 Å². The Balaban J connectivity index is 1.70. The molecule has 0 radical (unpaired) electrons. The second-order valence-electron chi connectivity index (χ2n) is 6.09. The molecule has 3 rings (SSSR count). The molecule has 2 heterocycles. The van der Waals surface area contributed by atoms with Crippen LogP contribution in [0.5, 0.6) is 0 Å². The average molecular weight is 336 g/mol. The van der Waals surface area contributed by atoms with Crippen LogP contribution < -0.4 is 0 Å².